The molecule has 1 fully saturated rings. The van der Waals surface area contributed by atoms with E-state index >= 15 is 0 Å². The first-order chi connectivity index (χ1) is 14.2. The second-order valence-corrected chi connectivity index (χ2v) is 6.58. The Bertz CT molecular complexity index is 1350. The van der Waals surface area contributed by atoms with Gasteiger partial charge in [0, 0.05) is 17.6 Å². The van der Waals surface area contributed by atoms with Gasteiger partial charge >= 0.3 is 5.69 Å². The summed E-state index contributed by atoms with van der Waals surface area (Å²) in [6.07, 6.45) is 10.1. The highest BCUT2D eigenvalue weighted by molar-refractivity contribution is 5.57. The molecule has 1 aliphatic rings. The Morgan fingerprint density at radius 1 is 1.28 bits per heavy atom. The van der Waals surface area contributed by atoms with Crippen molar-refractivity contribution < 1.29 is 5.11 Å². The lowest BCUT2D eigenvalue weighted by molar-refractivity contribution is 0.454. The zero-order chi connectivity index (χ0) is 19.8. The lowest BCUT2D eigenvalue weighted by atomic mass is 10.3. The van der Waals surface area contributed by atoms with Gasteiger partial charge in [-0.1, -0.05) is 0 Å². The zero-order valence-corrected chi connectivity index (χ0v) is 15.1. The van der Waals surface area contributed by atoms with Crippen molar-refractivity contribution in [2.24, 2.45) is 4.99 Å². The van der Waals surface area contributed by atoms with Crippen LogP contribution >= 0.6 is 0 Å². The fourth-order valence-corrected chi connectivity index (χ4v) is 2.75. The first kappa shape index (κ1) is 17.0. The summed E-state index contributed by atoms with van der Waals surface area (Å²) in [7, 11) is 0. The van der Waals surface area contributed by atoms with Gasteiger partial charge in [-0.3, -0.25) is 15.0 Å². The number of nitrogens with zero attached hydrogens (tertiary/aromatic N) is 7. The van der Waals surface area contributed by atoms with Crippen LogP contribution in [0.4, 0.5) is 5.95 Å². The molecule has 12 nitrogen and oxygen atoms in total. The molecule has 4 heterocycles. The van der Waals surface area contributed by atoms with Crippen molar-refractivity contribution in [2.45, 2.75) is 25.4 Å². The van der Waals surface area contributed by atoms with Gasteiger partial charge in [0.1, 0.15) is 5.69 Å². The lowest BCUT2D eigenvalue weighted by Gasteiger charge is -2.04. The van der Waals surface area contributed by atoms with E-state index in [4.69, 9.17) is 0 Å². The normalized spacial score (nSPS) is 15.3. The van der Waals surface area contributed by atoms with E-state index in [2.05, 4.69) is 45.3 Å². The third-order valence-electron chi connectivity index (χ3n) is 4.30. The Morgan fingerprint density at radius 2 is 2.17 bits per heavy atom. The van der Waals surface area contributed by atoms with Crippen LogP contribution in [0, 0.1) is 0 Å². The van der Waals surface area contributed by atoms with Gasteiger partial charge < -0.3 is 15.4 Å². The van der Waals surface area contributed by atoms with Crippen molar-refractivity contribution in [1.29, 1.82) is 0 Å². The molecule has 0 bridgehead atoms. The van der Waals surface area contributed by atoms with E-state index in [1.54, 1.807) is 35.4 Å². The summed E-state index contributed by atoms with van der Waals surface area (Å²) in [4.78, 5) is 38.0. The van der Waals surface area contributed by atoms with Gasteiger partial charge in [-0.15, -0.1) is 0 Å². The lowest BCUT2D eigenvalue weighted by Crippen LogP contribution is -2.24. The minimum Gasteiger partial charge on any atom is -0.493 e. The van der Waals surface area contributed by atoms with Crippen LogP contribution in [-0.2, 0) is 6.54 Å². The van der Waals surface area contributed by atoms with Gasteiger partial charge in [0.15, 0.2) is 5.65 Å². The highest BCUT2D eigenvalue weighted by atomic mass is 16.3. The summed E-state index contributed by atoms with van der Waals surface area (Å²) in [6.45, 7) is 0.395. The number of anilines is 1. The number of fused-ring (bicyclic) bond motifs is 1. The molecule has 1 aliphatic carbocycles. The van der Waals surface area contributed by atoms with Crippen LogP contribution in [0.15, 0.2) is 34.6 Å². The van der Waals surface area contributed by atoms with Gasteiger partial charge in [-0.2, -0.15) is 19.6 Å². The molecule has 0 atom stereocenters. The Morgan fingerprint density at radius 3 is 2.90 bits per heavy atom. The van der Waals surface area contributed by atoms with Crippen LogP contribution in [0.5, 0.6) is 5.88 Å². The van der Waals surface area contributed by atoms with Gasteiger partial charge in [0.2, 0.25) is 11.8 Å². The van der Waals surface area contributed by atoms with Crippen molar-refractivity contribution in [1.82, 2.24) is 39.5 Å². The molecule has 0 aromatic carbocycles. The molecule has 0 unspecified atom stereocenters. The van der Waals surface area contributed by atoms with Crippen molar-refractivity contribution in [3.8, 4) is 5.88 Å². The van der Waals surface area contributed by atoms with Crippen molar-refractivity contribution in [3.63, 3.8) is 0 Å². The van der Waals surface area contributed by atoms with Crippen LogP contribution < -0.4 is 21.8 Å². The maximum Gasteiger partial charge on any atom is 0.326 e. The standard InChI is InChI=1S/C17H16N10O2/c28-14-12(23-17(29)25-14)5-9-6-21-27-13(9)24-15(26-16(27)22-10-1-2-10)20-8-11-7-18-3-4-19-11/h3-7,10,28H,1-2,8H2,(H,20,22,26)(H2,23,25,29). The SMILES string of the molecule is O=c1[nH]c(O)c(C=c2cnn3c(=NC4CC4)nc(NCc4cnccn4)nc23)[nH]1. The van der Waals surface area contributed by atoms with Crippen LogP contribution in [0.2, 0.25) is 0 Å². The molecule has 4 N–H and O–H groups in total. The van der Waals surface area contributed by atoms with E-state index in [0.29, 0.717) is 29.0 Å². The average Bonchev–Trinajstić information content (AvgIpc) is 3.36. The predicted octanol–water partition coefficient (Wildman–Crippen LogP) is -1.14. The highest BCUT2D eigenvalue weighted by Crippen LogP contribution is 2.22. The predicted molar refractivity (Wildman–Crippen MR) is 101 cm³/mol. The molecule has 0 amide bonds. The summed E-state index contributed by atoms with van der Waals surface area (Å²) in [5.41, 5.74) is 1.40. The Hall–Kier alpha value is -4.09. The fourth-order valence-electron chi connectivity index (χ4n) is 2.75. The third-order valence-corrected chi connectivity index (χ3v) is 4.30. The first-order valence-corrected chi connectivity index (χ1v) is 8.97. The van der Waals surface area contributed by atoms with Gasteiger partial charge in [0.05, 0.1) is 30.7 Å². The van der Waals surface area contributed by atoms with E-state index in [1.165, 1.54) is 0 Å². The number of aromatic amines is 2. The molecule has 0 aliphatic heterocycles. The minimum absolute atomic E-state index is 0.235. The third kappa shape index (κ3) is 3.54. The van der Waals surface area contributed by atoms with Crippen molar-refractivity contribution in [2.75, 3.05) is 5.32 Å². The first-order valence-electron chi connectivity index (χ1n) is 8.97. The number of H-pyrrole nitrogens is 2. The van der Waals surface area contributed by atoms with Crippen LogP contribution in [-0.4, -0.2) is 50.7 Å². The maximum absolute atomic E-state index is 11.4. The topological polar surface area (TPSA) is 162 Å². The number of nitrogens with one attached hydrogen (secondary N) is 3. The summed E-state index contributed by atoms with van der Waals surface area (Å²) in [6, 6.07) is 0.239. The van der Waals surface area contributed by atoms with Crippen LogP contribution in [0.1, 0.15) is 24.2 Å². The minimum atomic E-state index is -0.504. The van der Waals surface area contributed by atoms with E-state index in [9.17, 15) is 9.90 Å². The van der Waals surface area contributed by atoms with Gasteiger partial charge in [0.25, 0.3) is 5.62 Å². The molecule has 0 saturated heterocycles. The zero-order valence-electron chi connectivity index (χ0n) is 15.1. The molecule has 0 spiro atoms. The van der Waals surface area contributed by atoms with Gasteiger partial charge in [-0.25, -0.2) is 9.79 Å². The van der Waals surface area contributed by atoms with Gasteiger partial charge in [-0.05, 0) is 18.9 Å². The Labute approximate surface area is 162 Å². The second kappa shape index (κ2) is 6.82. The number of rotatable bonds is 5. The van der Waals surface area contributed by atoms with Crippen molar-refractivity contribution >= 4 is 17.7 Å². The molecule has 12 heteroatoms. The maximum atomic E-state index is 11.4. The molecule has 29 heavy (non-hydrogen) atoms. The van der Waals surface area contributed by atoms with Crippen LogP contribution in [0.25, 0.3) is 11.7 Å². The molecule has 4 aromatic heterocycles. The summed E-state index contributed by atoms with van der Waals surface area (Å²) in [5.74, 6) is 0.108. The monoisotopic (exact) mass is 392 g/mol. The molecule has 4 aromatic rings. The fraction of sp³-hybridized carbons (Fsp3) is 0.235. The molecule has 0 radical (unpaired) electrons. The largest absolute Gasteiger partial charge is 0.493 e. The van der Waals surface area contributed by atoms with E-state index in [-0.39, 0.29) is 17.6 Å². The molecule has 1 saturated carbocycles. The van der Waals surface area contributed by atoms with Crippen LogP contribution in [0.3, 0.4) is 0 Å². The number of imidazole rings is 1. The summed E-state index contributed by atoms with van der Waals surface area (Å²) < 4.78 is 1.54. The van der Waals surface area contributed by atoms with E-state index in [1.807, 2.05) is 0 Å². The van der Waals surface area contributed by atoms with Crippen molar-refractivity contribution in [3.05, 3.63) is 57.5 Å². The number of aromatic nitrogens is 8. The molecule has 146 valence electrons. The highest BCUT2D eigenvalue weighted by Gasteiger charge is 2.21. The molecular weight excluding hydrogens is 376 g/mol. The second-order valence-electron chi connectivity index (χ2n) is 6.58. The smallest absolute Gasteiger partial charge is 0.326 e. The van der Waals surface area contributed by atoms with E-state index in [0.717, 1.165) is 18.5 Å². The summed E-state index contributed by atoms with van der Waals surface area (Å²) in [5, 5.41) is 17.9. The number of aromatic hydroxyl groups is 1. The Kier molecular flexibility index (Phi) is 4.00. The van der Waals surface area contributed by atoms with E-state index < -0.39 is 5.69 Å². The average molecular weight is 392 g/mol. The summed E-state index contributed by atoms with van der Waals surface area (Å²) >= 11 is 0. The molecule has 5 rings (SSSR count). The Balaban J connectivity index is 1.61. The quantitative estimate of drug-likeness (QED) is 0.331. The number of hydrogen-bond acceptors (Lipinski definition) is 9. The molecular formula is C17H16N10O2. The number of hydrogen-bond donors (Lipinski definition) is 4.